The number of hydrogen-bond donors (Lipinski definition) is 2. The summed E-state index contributed by atoms with van der Waals surface area (Å²) in [5.74, 6) is -2.68. The lowest BCUT2D eigenvalue weighted by Crippen LogP contribution is -2.49. The first-order valence-corrected chi connectivity index (χ1v) is 9.47. The minimum atomic E-state index is -1.07. The Labute approximate surface area is 176 Å². The maximum atomic E-state index is 13.4. The third kappa shape index (κ3) is 4.60. The van der Waals surface area contributed by atoms with Gasteiger partial charge in [0.05, 0.1) is 6.42 Å². The van der Waals surface area contributed by atoms with Crippen molar-refractivity contribution < 1.29 is 23.2 Å². The highest BCUT2D eigenvalue weighted by Gasteiger charge is 2.43. The lowest BCUT2D eigenvalue weighted by molar-refractivity contribution is -0.130. The molecular weight excluding hydrogens is 414 g/mol. The number of nitrogens with one attached hydrogen (secondary N) is 2. The van der Waals surface area contributed by atoms with Crippen LogP contribution in [0.3, 0.4) is 0 Å². The number of hydrogen-bond acceptors (Lipinski definition) is 4. The zero-order chi connectivity index (χ0) is 21.8. The van der Waals surface area contributed by atoms with Gasteiger partial charge in [-0.05, 0) is 61.6 Å². The van der Waals surface area contributed by atoms with Crippen molar-refractivity contribution in [1.82, 2.24) is 15.3 Å². The molecule has 2 N–H and O–H groups in total. The summed E-state index contributed by atoms with van der Waals surface area (Å²) in [7, 11) is 0. The maximum Gasteiger partial charge on any atom is 0.269 e. The van der Waals surface area contributed by atoms with Crippen molar-refractivity contribution in [3.8, 4) is 0 Å². The number of amides is 3. The molecule has 1 saturated heterocycles. The normalized spacial score (nSPS) is 16.0. The molecule has 0 aliphatic carbocycles. The highest BCUT2D eigenvalue weighted by Crippen LogP contribution is 2.20. The van der Waals surface area contributed by atoms with Gasteiger partial charge in [-0.15, -0.1) is 0 Å². The molecule has 2 aromatic rings. The molecule has 30 heavy (non-hydrogen) atoms. The van der Waals surface area contributed by atoms with Crippen LogP contribution in [0.25, 0.3) is 0 Å². The molecule has 0 aromatic heterocycles. The number of nitrogens with zero attached hydrogens (tertiary/aromatic N) is 2. The second-order valence-electron chi connectivity index (χ2n) is 6.46. The minimum Gasteiger partial charge on any atom is -0.326 e. The molecular formula is C20H18F2N4O3S. The van der Waals surface area contributed by atoms with Gasteiger partial charge < -0.3 is 5.32 Å². The summed E-state index contributed by atoms with van der Waals surface area (Å²) in [4.78, 5) is 38.9. The average molecular weight is 432 g/mol. The lowest BCUT2D eigenvalue weighted by Gasteiger charge is -2.24. The van der Waals surface area contributed by atoms with Crippen LogP contribution in [0.5, 0.6) is 0 Å². The van der Waals surface area contributed by atoms with Crippen LogP contribution in [0.1, 0.15) is 23.7 Å². The SMILES string of the molecule is CCN1C(=O)C(CC(=O)Nc2ccc(F)cc2)N(NC(=O)c2cccc(F)c2)C1=S. The Balaban J connectivity index is 1.76. The van der Waals surface area contributed by atoms with Gasteiger partial charge in [0.2, 0.25) is 5.91 Å². The third-order valence-electron chi connectivity index (χ3n) is 4.43. The highest BCUT2D eigenvalue weighted by atomic mass is 32.1. The average Bonchev–Trinajstić information content (AvgIpc) is 2.93. The summed E-state index contributed by atoms with van der Waals surface area (Å²) < 4.78 is 26.4. The molecule has 3 rings (SSSR count). The Morgan fingerprint density at radius 1 is 1.10 bits per heavy atom. The van der Waals surface area contributed by atoms with Gasteiger partial charge in [0.15, 0.2) is 5.11 Å². The summed E-state index contributed by atoms with van der Waals surface area (Å²) in [6.45, 7) is 1.96. The van der Waals surface area contributed by atoms with Crippen LogP contribution >= 0.6 is 12.2 Å². The van der Waals surface area contributed by atoms with E-state index in [1.54, 1.807) is 6.92 Å². The van der Waals surface area contributed by atoms with Crippen LogP contribution in [-0.2, 0) is 9.59 Å². The fourth-order valence-electron chi connectivity index (χ4n) is 2.97. The molecule has 10 heteroatoms. The first kappa shape index (κ1) is 21.3. The number of benzene rings is 2. The monoisotopic (exact) mass is 432 g/mol. The number of carbonyl (C=O) groups is 3. The van der Waals surface area contributed by atoms with Gasteiger partial charge in [0.25, 0.3) is 11.8 Å². The lowest BCUT2D eigenvalue weighted by atomic mass is 10.1. The van der Waals surface area contributed by atoms with E-state index in [9.17, 15) is 23.2 Å². The van der Waals surface area contributed by atoms with Gasteiger partial charge in [-0.2, -0.15) is 0 Å². The second-order valence-corrected chi connectivity index (χ2v) is 6.83. The molecule has 1 aliphatic heterocycles. The Bertz CT molecular complexity index is 1000. The van der Waals surface area contributed by atoms with Crippen molar-refractivity contribution >= 4 is 40.7 Å². The minimum absolute atomic E-state index is 0.0341. The topological polar surface area (TPSA) is 81.8 Å². The van der Waals surface area contributed by atoms with Gasteiger partial charge in [0, 0.05) is 17.8 Å². The summed E-state index contributed by atoms with van der Waals surface area (Å²) in [5.41, 5.74) is 2.88. The summed E-state index contributed by atoms with van der Waals surface area (Å²) >= 11 is 5.28. The van der Waals surface area contributed by atoms with Crippen LogP contribution in [0.4, 0.5) is 14.5 Å². The van der Waals surface area contributed by atoms with Gasteiger partial charge in [-0.1, -0.05) is 6.07 Å². The van der Waals surface area contributed by atoms with Crippen LogP contribution in [0.2, 0.25) is 0 Å². The maximum absolute atomic E-state index is 13.4. The molecule has 7 nitrogen and oxygen atoms in total. The van der Waals surface area contributed by atoms with Crippen molar-refractivity contribution in [1.29, 1.82) is 0 Å². The Morgan fingerprint density at radius 3 is 2.43 bits per heavy atom. The molecule has 0 saturated carbocycles. The molecule has 0 radical (unpaired) electrons. The van der Waals surface area contributed by atoms with E-state index in [-0.39, 0.29) is 23.6 Å². The van der Waals surface area contributed by atoms with Crippen molar-refractivity contribution in [2.24, 2.45) is 0 Å². The molecule has 1 heterocycles. The van der Waals surface area contributed by atoms with E-state index in [1.165, 1.54) is 47.4 Å². The number of halogens is 2. The largest absolute Gasteiger partial charge is 0.326 e. The van der Waals surface area contributed by atoms with E-state index in [2.05, 4.69) is 10.7 Å². The van der Waals surface area contributed by atoms with Crippen molar-refractivity contribution in [3.63, 3.8) is 0 Å². The fraction of sp³-hybridized carbons (Fsp3) is 0.200. The molecule has 3 amide bonds. The predicted octanol–water partition coefficient (Wildman–Crippen LogP) is 2.46. The van der Waals surface area contributed by atoms with Crippen LogP contribution in [0, 0.1) is 11.6 Å². The smallest absolute Gasteiger partial charge is 0.269 e. The summed E-state index contributed by atoms with van der Waals surface area (Å²) in [6, 6.07) is 9.11. The predicted molar refractivity (Wildman–Crippen MR) is 109 cm³/mol. The molecule has 2 aromatic carbocycles. The van der Waals surface area contributed by atoms with Crippen molar-refractivity contribution in [2.45, 2.75) is 19.4 Å². The molecule has 1 aliphatic rings. The fourth-order valence-corrected chi connectivity index (χ4v) is 3.36. The van der Waals surface area contributed by atoms with Gasteiger partial charge in [-0.3, -0.25) is 24.7 Å². The van der Waals surface area contributed by atoms with E-state index < -0.39 is 35.4 Å². The quantitative estimate of drug-likeness (QED) is 0.686. The van der Waals surface area contributed by atoms with E-state index in [0.717, 1.165) is 11.1 Å². The van der Waals surface area contributed by atoms with Gasteiger partial charge in [0.1, 0.15) is 17.7 Å². The van der Waals surface area contributed by atoms with E-state index >= 15 is 0 Å². The number of carbonyl (C=O) groups excluding carboxylic acids is 3. The highest BCUT2D eigenvalue weighted by molar-refractivity contribution is 7.80. The number of rotatable bonds is 6. The first-order valence-electron chi connectivity index (χ1n) is 9.06. The van der Waals surface area contributed by atoms with Gasteiger partial charge in [-0.25, -0.2) is 13.8 Å². The van der Waals surface area contributed by atoms with Crippen molar-refractivity contribution in [2.75, 3.05) is 11.9 Å². The Morgan fingerprint density at radius 2 is 1.80 bits per heavy atom. The van der Waals surface area contributed by atoms with E-state index in [0.29, 0.717) is 5.69 Å². The molecule has 1 fully saturated rings. The zero-order valence-electron chi connectivity index (χ0n) is 15.9. The summed E-state index contributed by atoms with van der Waals surface area (Å²) in [5, 5.41) is 3.74. The molecule has 0 spiro atoms. The van der Waals surface area contributed by atoms with Crippen LogP contribution < -0.4 is 10.7 Å². The van der Waals surface area contributed by atoms with Crippen molar-refractivity contribution in [3.05, 3.63) is 65.7 Å². The van der Waals surface area contributed by atoms with Crippen LogP contribution in [0.15, 0.2) is 48.5 Å². The Kier molecular flexibility index (Phi) is 6.36. The number of anilines is 1. The zero-order valence-corrected chi connectivity index (χ0v) is 16.7. The third-order valence-corrected chi connectivity index (χ3v) is 4.85. The molecule has 1 unspecified atom stereocenters. The summed E-state index contributed by atoms with van der Waals surface area (Å²) in [6.07, 6.45) is -0.309. The molecule has 1 atom stereocenters. The first-order chi connectivity index (χ1) is 14.3. The molecule has 156 valence electrons. The van der Waals surface area contributed by atoms with E-state index in [1.807, 2.05) is 0 Å². The Hall–Kier alpha value is -3.40. The molecule has 0 bridgehead atoms. The second kappa shape index (κ2) is 8.95. The standard InChI is InChI=1S/C20H18F2N4O3S/c1-2-25-19(29)16(11-17(27)23-15-8-6-13(21)7-9-15)26(20(25)30)24-18(28)12-4-3-5-14(22)10-12/h3-10,16H,2,11H2,1H3,(H,23,27)(H,24,28). The van der Waals surface area contributed by atoms with Gasteiger partial charge >= 0.3 is 0 Å². The van der Waals surface area contributed by atoms with E-state index in [4.69, 9.17) is 12.2 Å². The van der Waals surface area contributed by atoms with Crippen LogP contribution in [-0.4, -0.2) is 45.3 Å². The number of thiocarbonyl (C=S) groups is 1. The number of hydrazine groups is 1. The number of likely N-dealkylation sites (N-methyl/N-ethyl adjacent to an activating group) is 1.